The third-order valence-corrected chi connectivity index (χ3v) is 4.94. The van der Waals surface area contributed by atoms with E-state index in [9.17, 15) is 4.79 Å². The Labute approximate surface area is 149 Å². The molecule has 1 aromatic rings. The average Bonchev–Trinajstić information content (AvgIpc) is 3.01. The Morgan fingerprint density at radius 1 is 1.28 bits per heavy atom. The minimum absolute atomic E-state index is 0.206. The number of likely N-dealkylation sites (tertiary alicyclic amines) is 1. The second-order valence-electron chi connectivity index (χ2n) is 6.82. The van der Waals surface area contributed by atoms with Crippen molar-refractivity contribution < 1.29 is 14.3 Å². The Bertz CT molecular complexity index is 571. The molecular formula is C17H29N5O3. The summed E-state index contributed by atoms with van der Waals surface area (Å²) in [5.74, 6) is 2.16. The van der Waals surface area contributed by atoms with Crippen LogP contribution in [0.2, 0.25) is 0 Å². The highest BCUT2D eigenvalue weighted by atomic mass is 16.6. The smallest absolute Gasteiger partial charge is 0.409 e. The van der Waals surface area contributed by atoms with Crippen LogP contribution >= 0.6 is 0 Å². The first-order valence-corrected chi connectivity index (χ1v) is 9.29. The fraction of sp³-hybridized carbons (Fsp3) is 0.824. The van der Waals surface area contributed by atoms with Gasteiger partial charge < -0.3 is 18.9 Å². The Morgan fingerprint density at radius 2 is 2.08 bits per heavy atom. The van der Waals surface area contributed by atoms with Crippen molar-refractivity contribution in [3.8, 4) is 0 Å². The van der Waals surface area contributed by atoms with Crippen LogP contribution in [0, 0.1) is 0 Å². The van der Waals surface area contributed by atoms with Crippen LogP contribution in [-0.4, -0.2) is 76.7 Å². The molecule has 0 bridgehead atoms. The number of carbonyl (C=O) groups is 1. The molecule has 1 atom stereocenters. The van der Waals surface area contributed by atoms with Crippen molar-refractivity contribution in [2.24, 2.45) is 7.05 Å². The van der Waals surface area contributed by atoms with Gasteiger partial charge in [0.15, 0.2) is 0 Å². The van der Waals surface area contributed by atoms with Gasteiger partial charge >= 0.3 is 6.09 Å². The summed E-state index contributed by atoms with van der Waals surface area (Å²) in [6.07, 6.45) is 2.64. The minimum atomic E-state index is -0.206. The molecule has 8 heteroatoms. The molecule has 0 saturated carbocycles. The van der Waals surface area contributed by atoms with E-state index in [4.69, 9.17) is 9.47 Å². The lowest BCUT2D eigenvalue weighted by Gasteiger charge is -2.31. The van der Waals surface area contributed by atoms with Gasteiger partial charge in [-0.05, 0) is 19.3 Å². The van der Waals surface area contributed by atoms with Gasteiger partial charge in [0, 0.05) is 39.1 Å². The predicted octanol–water partition coefficient (Wildman–Crippen LogP) is 1.37. The number of amides is 1. The van der Waals surface area contributed by atoms with E-state index in [1.54, 1.807) is 4.90 Å². The van der Waals surface area contributed by atoms with Gasteiger partial charge in [-0.2, -0.15) is 0 Å². The van der Waals surface area contributed by atoms with Crippen LogP contribution in [0.5, 0.6) is 0 Å². The topological polar surface area (TPSA) is 72.7 Å². The summed E-state index contributed by atoms with van der Waals surface area (Å²) in [5.41, 5.74) is 0. The summed E-state index contributed by atoms with van der Waals surface area (Å²) in [4.78, 5) is 16.3. The van der Waals surface area contributed by atoms with Crippen LogP contribution in [0.15, 0.2) is 0 Å². The van der Waals surface area contributed by atoms with Gasteiger partial charge in [0.25, 0.3) is 0 Å². The number of morpholine rings is 1. The zero-order chi connectivity index (χ0) is 17.6. The van der Waals surface area contributed by atoms with Gasteiger partial charge in [-0.3, -0.25) is 4.90 Å². The lowest BCUT2D eigenvalue weighted by atomic mass is 9.97. The van der Waals surface area contributed by atoms with Crippen molar-refractivity contribution >= 4 is 6.09 Å². The van der Waals surface area contributed by atoms with E-state index in [1.807, 2.05) is 14.0 Å². The highest BCUT2D eigenvalue weighted by Gasteiger charge is 2.29. The van der Waals surface area contributed by atoms with E-state index in [-0.39, 0.29) is 12.0 Å². The van der Waals surface area contributed by atoms with Crippen LogP contribution in [0.4, 0.5) is 4.79 Å². The van der Waals surface area contributed by atoms with Crippen molar-refractivity contribution in [3.05, 3.63) is 11.6 Å². The SMILES string of the molecule is CCCOC(=O)N1CCCC(c2nnc(CN3CCOCC3)n2C)C1. The third kappa shape index (κ3) is 4.49. The maximum Gasteiger partial charge on any atom is 0.409 e. The fourth-order valence-corrected chi connectivity index (χ4v) is 3.46. The number of rotatable bonds is 5. The normalized spacial score (nSPS) is 22.2. The van der Waals surface area contributed by atoms with Crippen molar-refractivity contribution in [2.45, 2.75) is 38.6 Å². The van der Waals surface area contributed by atoms with Gasteiger partial charge in [-0.1, -0.05) is 6.92 Å². The van der Waals surface area contributed by atoms with Gasteiger partial charge in [0.2, 0.25) is 0 Å². The second-order valence-corrected chi connectivity index (χ2v) is 6.82. The molecule has 3 heterocycles. The van der Waals surface area contributed by atoms with Crippen LogP contribution in [0.3, 0.4) is 0 Å². The molecule has 2 fully saturated rings. The molecule has 0 aromatic carbocycles. The van der Waals surface area contributed by atoms with Crippen molar-refractivity contribution in [1.29, 1.82) is 0 Å². The molecule has 1 aromatic heterocycles. The third-order valence-electron chi connectivity index (χ3n) is 4.94. The lowest BCUT2D eigenvalue weighted by molar-refractivity contribution is 0.0326. The Kier molecular flexibility index (Phi) is 6.25. The van der Waals surface area contributed by atoms with Gasteiger partial charge in [-0.25, -0.2) is 4.79 Å². The highest BCUT2D eigenvalue weighted by Crippen LogP contribution is 2.26. The van der Waals surface area contributed by atoms with Crippen molar-refractivity contribution in [3.63, 3.8) is 0 Å². The zero-order valence-corrected chi connectivity index (χ0v) is 15.3. The average molecular weight is 351 g/mol. The van der Waals surface area contributed by atoms with E-state index in [2.05, 4.69) is 19.7 Å². The van der Waals surface area contributed by atoms with Crippen LogP contribution in [0.1, 0.15) is 43.8 Å². The number of piperidine rings is 1. The Hall–Kier alpha value is -1.67. The van der Waals surface area contributed by atoms with Crippen LogP contribution in [-0.2, 0) is 23.1 Å². The maximum absolute atomic E-state index is 12.1. The lowest BCUT2D eigenvalue weighted by Crippen LogP contribution is -2.40. The molecule has 2 saturated heterocycles. The molecule has 2 aliphatic heterocycles. The first kappa shape index (κ1) is 18.1. The highest BCUT2D eigenvalue weighted by molar-refractivity contribution is 5.67. The molecule has 1 unspecified atom stereocenters. The van der Waals surface area contributed by atoms with E-state index in [0.29, 0.717) is 13.2 Å². The van der Waals surface area contributed by atoms with E-state index in [0.717, 1.165) is 70.3 Å². The van der Waals surface area contributed by atoms with E-state index < -0.39 is 0 Å². The number of nitrogens with zero attached hydrogens (tertiary/aromatic N) is 5. The molecule has 3 rings (SSSR count). The van der Waals surface area contributed by atoms with E-state index in [1.165, 1.54) is 0 Å². The number of hydrogen-bond acceptors (Lipinski definition) is 6. The molecule has 1 amide bonds. The first-order chi connectivity index (χ1) is 12.2. The monoisotopic (exact) mass is 351 g/mol. The molecule has 0 N–H and O–H groups in total. The molecule has 25 heavy (non-hydrogen) atoms. The Balaban J connectivity index is 1.62. The number of aromatic nitrogens is 3. The van der Waals surface area contributed by atoms with Crippen molar-refractivity contribution in [1.82, 2.24) is 24.6 Å². The number of carbonyl (C=O) groups excluding carboxylic acids is 1. The Morgan fingerprint density at radius 3 is 2.84 bits per heavy atom. The molecule has 0 radical (unpaired) electrons. The predicted molar refractivity (Wildman–Crippen MR) is 92.3 cm³/mol. The molecule has 0 aliphatic carbocycles. The number of hydrogen-bond donors (Lipinski definition) is 0. The summed E-state index contributed by atoms with van der Waals surface area (Å²) in [5, 5.41) is 8.84. The van der Waals surface area contributed by atoms with Gasteiger partial charge in [0.1, 0.15) is 11.6 Å². The van der Waals surface area contributed by atoms with Crippen LogP contribution in [0.25, 0.3) is 0 Å². The molecule has 140 valence electrons. The summed E-state index contributed by atoms with van der Waals surface area (Å²) in [6, 6.07) is 0. The maximum atomic E-state index is 12.1. The van der Waals surface area contributed by atoms with Gasteiger partial charge in [-0.15, -0.1) is 10.2 Å². The number of ether oxygens (including phenoxy) is 2. The fourth-order valence-electron chi connectivity index (χ4n) is 3.46. The standard InChI is InChI=1S/C17H29N5O3/c1-3-9-25-17(23)22-6-4-5-14(12-22)16-19-18-15(20(16)2)13-21-7-10-24-11-8-21/h14H,3-13H2,1-2H3. The van der Waals surface area contributed by atoms with Crippen LogP contribution < -0.4 is 0 Å². The summed E-state index contributed by atoms with van der Waals surface area (Å²) >= 11 is 0. The molecule has 2 aliphatic rings. The summed E-state index contributed by atoms with van der Waals surface area (Å²) in [7, 11) is 2.03. The molecule has 8 nitrogen and oxygen atoms in total. The largest absolute Gasteiger partial charge is 0.449 e. The molecule has 0 spiro atoms. The summed E-state index contributed by atoms with van der Waals surface area (Å²) < 4.78 is 12.8. The summed E-state index contributed by atoms with van der Waals surface area (Å²) in [6.45, 7) is 8.12. The first-order valence-electron chi connectivity index (χ1n) is 9.29. The minimum Gasteiger partial charge on any atom is -0.449 e. The van der Waals surface area contributed by atoms with Crippen molar-refractivity contribution in [2.75, 3.05) is 46.0 Å². The quantitative estimate of drug-likeness (QED) is 0.798. The van der Waals surface area contributed by atoms with E-state index >= 15 is 0 Å². The zero-order valence-electron chi connectivity index (χ0n) is 15.3. The second kappa shape index (κ2) is 8.62. The molecular weight excluding hydrogens is 322 g/mol. The van der Waals surface area contributed by atoms with Gasteiger partial charge in [0.05, 0.1) is 26.4 Å².